The van der Waals surface area contributed by atoms with E-state index < -0.39 is 17.5 Å². The molecule has 0 aromatic heterocycles. The number of nitrogens with one attached hydrogen (secondary N) is 2. The van der Waals surface area contributed by atoms with Gasteiger partial charge in [-0.05, 0) is 47.9 Å². The minimum absolute atomic E-state index is 0.0114. The molecule has 2 aromatic carbocycles. The van der Waals surface area contributed by atoms with Crippen LogP contribution >= 0.6 is 0 Å². The summed E-state index contributed by atoms with van der Waals surface area (Å²) in [4.78, 5) is 36.1. The Morgan fingerprint density at radius 3 is 2.18 bits per heavy atom. The smallest absolute Gasteiger partial charge is 0.407 e. The van der Waals surface area contributed by atoms with Crippen molar-refractivity contribution in [3.63, 3.8) is 0 Å². The molecule has 2 amide bonds. The van der Waals surface area contributed by atoms with Crippen LogP contribution in [-0.4, -0.2) is 42.8 Å². The topological polar surface area (TPSA) is 105 Å². The van der Waals surface area contributed by atoms with Gasteiger partial charge in [-0.1, -0.05) is 55.5 Å². The van der Waals surface area contributed by atoms with Gasteiger partial charge < -0.3 is 20.5 Å². The van der Waals surface area contributed by atoms with Crippen LogP contribution in [-0.2, 0) is 14.3 Å². The molecule has 2 aromatic rings. The van der Waals surface area contributed by atoms with Crippen LogP contribution in [0.5, 0.6) is 0 Å². The van der Waals surface area contributed by atoms with Gasteiger partial charge in [0.25, 0.3) is 0 Å². The number of rotatable bonds is 9. The van der Waals surface area contributed by atoms with Crippen LogP contribution in [0.3, 0.4) is 0 Å². The molecule has 4 rings (SSSR count). The summed E-state index contributed by atoms with van der Waals surface area (Å²) < 4.78 is 5.56. The number of fused-ring (bicyclic) bond motifs is 3. The van der Waals surface area contributed by atoms with Crippen molar-refractivity contribution in [1.82, 2.24) is 10.6 Å². The van der Waals surface area contributed by atoms with Crippen molar-refractivity contribution in [2.45, 2.75) is 32.6 Å². The summed E-state index contributed by atoms with van der Waals surface area (Å²) in [5.74, 6) is -1.41. The highest BCUT2D eigenvalue weighted by molar-refractivity contribution is 5.83. The van der Waals surface area contributed by atoms with Crippen molar-refractivity contribution in [1.29, 1.82) is 0 Å². The first-order valence-corrected chi connectivity index (χ1v) is 11.4. The quantitative estimate of drug-likeness (QED) is 0.539. The van der Waals surface area contributed by atoms with Crippen LogP contribution in [0.25, 0.3) is 11.1 Å². The maximum atomic E-state index is 12.7. The van der Waals surface area contributed by atoms with Crippen molar-refractivity contribution in [2.24, 2.45) is 17.3 Å². The second-order valence-corrected chi connectivity index (χ2v) is 9.24. The maximum Gasteiger partial charge on any atom is 0.407 e. The van der Waals surface area contributed by atoms with Crippen LogP contribution in [0.1, 0.15) is 43.7 Å². The van der Waals surface area contributed by atoms with Gasteiger partial charge in [-0.15, -0.1) is 0 Å². The van der Waals surface area contributed by atoms with Crippen molar-refractivity contribution < 1.29 is 24.2 Å². The Hall–Kier alpha value is -3.35. The van der Waals surface area contributed by atoms with Gasteiger partial charge in [0.15, 0.2) is 0 Å². The molecule has 0 spiro atoms. The maximum absolute atomic E-state index is 12.7. The van der Waals surface area contributed by atoms with Gasteiger partial charge in [-0.3, -0.25) is 9.59 Å². The average molecular weight is 451 g/mol. The zero-order valence-corrected chi connectivity index (χ0v) is 19.0. The molecule has 1 fully saturated rings. The Balaban J connectivity index is 1.30. The number of alkyl carbamates (subject to hydrolysis) is 1. The molecule has 2 aliphatic rings. The van der Waals surface area contributed by atoms with Crippen LogP contribution in [0, 0.1) is 17.3 Å². The van der Waals surface area contributed by atoms with E-state index in [4.69, 9.17) is 9.84 Å². The fraction of sp³-hybridized carbons (Fsp3) is 0.423. The molecular weight excluding hydrogens is 420 g/mol. The highest BCUT2D eigenvalue weighted by atomic mass is 16.5. The second kappa shape index (κ2) is 9.25. The summed E-state index contributed by atoms with van der Waals surface area (Å²) in [5, 5.41) is 14.6. The predicted molar refractivity (Wildman–Crippen MR) is 124 cm³/mol. The summed E-state index contributed by atoms with van der Waals surface area (Å²) in [6.07, 6.45) is 0.559. The summed E-state index contributed by atoms with van der Waals surface area (Å²) in [6, 6.07) is 16.3. The fourth-order valence-corrected chi connectivity index (χ4v) is 4.50. The van der Waals surface area contributed by atoms with Gasteiger partial charge in [0.2, 0.25) is 5.91 Å². The van der Waals surface area contributed by atoms with Crippen molar-refractivity contribution in [3.05, 3.63) is 59.7 Å². The Labute approximate surface area is 193 Å². The number of carbonyl (C=O) groups is 3. The van der Waals surface area contributed by atoms with E-state index >= 15 is 0 Å². The zero-order valence-electron chi connectivity index (χ0n) is 19.0. The summed E-state index contributed by atoms with van der Waals surface area (Å²) >= 11 is 0. The van der Waals surface area contributed by atoms with E-state index in [1.807, 2.05) is 31.2 Å². The molecule has 0 saturated heterocycles. The first-order chi connectivity index (χ1) is 15.8. The molecule has 1 saturated carbocycles. The Kier molecular flexibility index (Phi) is 6.40. The number of amides is 2. The van der Waals surface area contributed by atoms with E-state index in [1.165, 1.54) is 0 Å². The van der Waals surface area contributed by atoms with Crippen molar-refractivity contribution in [2.75, 3.05) is 19.7 Å². The molecule has 0 radical (unpaired) electrons. The minimum atomic E-state index is -0.815. The lowest BCUT2D eigenvalue weighted by Gasteiger charge is -2.27. The third kappa shape index (κ3) is 4.72. The Morgan fingerprint density at radius 1 is 1.03 bits per heavy atom. The lowest BCUT2D eigenvalue weighted by atomic mass is 9.86. The molecule has 1 unspecified atom stereocenters. The minimum Gasteiger partial charge on any atom is -0.481 e. The number of hydrogen-bond donors (Lipinski definition) is 3. The van der Waals surface area contributed by atoms with Gasteiger partial charge in [0.1, 0.15) is 6.61 Å². The summed E-state index contributed by atoms with van der Waals surface area (Å²) in [6.45, 7) is 4.37. The highest BCUT2D eigenvalue weighted by Crippen LogP contribution is 2.44. The molecule has 3 atom stereocenters. The van der Waals surface area contributed by atoms with Gasteiger partial charge >= 0.3 is 12.1 Å². The van der Waals surface area contributed by atoms with Crippen LogP contribution in [0.4, 0.5) is 4.79 Å². The lowest BCUT2D eigenvalue weighted by molar-refractivity contribution is -0.139. The summed E-state index contributed by atoms with van der Waals surface area (Å²) in [5.41, 5.74) is 3.81. The molecule has 0 bridgehead atoms. The molecule has 174 valence electrons. The van der Waals surface area contributed by atoms with E-state index in [0.29, 0.717) is 19.4 Å². The van der Waals surface area contributed by atoms with Gasteiger partial charge in [-0.2, -0.15) is 0 Å². The van der Waals surface area contributed by atoms with E-state index in [1.54, 1.807) is 6.92 Å². The number of carboxylic acid groups (broad SMARTS) is 1. The molecule has 33 heavy (non-hydrogen) atoms. The summed E-state index contributed by atoms with van der Waals surface area (Å²) in [7, 11) is 0. The lowest BCUT2D eigenvalue weighted by Crippen LogP contribution is -2.47. The van der Waals surface area contributed by atoms with Crippen molar-refractivity contribution >= 4 is 18.0 Å². The molecule has 0 aliphatic heterocycles. The molecule has 2 aliphatic carbocycles. The standard InChI is InChI=1S/C26H30N2O5/c1-3-26(2,24(31)27-13-16-12-21(16)23(29)30)15-28-25(32)33-14-22-19-10-6-4-8-17(19)18-9-5-7-11-20(18)22/h4-11,16,21-22H,3,12-15H2,1-2H3,(H,27,31)(H,28,32)(H,29,30)/t16-,21-,26?/m0/s1. The molecule has 7 heteroatoms. The first kappa shape index (κ1) is 22.8. The van der Waals surface area contributed by atoms with E-state index in [-0.39, 0.29) is 36.8 Å². The molecule has 3 N–H and O–H groups in total. The fourth-order valence-electron chi connectivity index (χ4n) is 4.50. The number of aliphatic carboxylic acids is 1. The SMILES string of the molecule is CCC(C)(CNC(=O)OCC1c2ccccc2-c2ccccc21)C(=O)NC[C@@H]1C[C@@H]1C(=O)O. The van der Waals surface area contributed by atoms with Crippen molar-refractivity contribution in [3.8, 4) is 11.1 Å². The third-order valence-corrected chi connectivity index (χ3v) is 7.06. The number of benzene rings is 2. The highest BCUT2D eigenvalue weighted by Gasteiger charge is 2.44. The number of ether oxygens (including phenoxy) is 1. The van der Waals surface area contributed by atoms with E-state index in [9.17, 15) is 14.4 Å². The average Bonchev–Trinajstić information content (AvgIpc) is 3.55. The normalized spacial score (nSPS) is 20.2. The van der Waals surface area contributed by atoms with E-state index in [0.717, 1.165) is 22.3 Å². The Morgan fingerprint density at radius 2 is 1.64 bits per heavy atom. The monoisotopic (exact) mass is 450 g/mol. The van der Waals surface area contributed by atoms with E-state index in [2.05, 4.69) is 34.9 Å². The van der Waals surface area contributed by atoms with Crippen LogP contribution in [0.2, 0.25) is 0 Å². The molecular formula is C26H30N2O5. The Bertz CT molecular complexity index is 1020. The second-order valence-electron chi connectivity index (χ2n) is 9.24. The van der Waals surface area contributed by atoms with Gasteiger partial charge in [-0.25, -0.2) is 4.79 Å². The molecule has 0 heterocycles. The van der Waals surface area contributed by atoms with Gasteiger partial charge in [0.05, 0.1) is 11.3 Å². The number of carbonyl (C=O) groups excluding carboxylic acids is 2. The van der Waals surface area contributed by atoms with Crippen LogP contribution < -0.4 is 10.6 Å². The van der Waals surface area contributed by atoms with Crippen LogP contribution in [0.15, 0.2) is 48.5 Å². The number of carboxylic acids is 1. The predicted octanol–water partition coefficient (Wildman–Crippen LogP) is 3.78. The van der Waals surface area contributed by atoms with Gasteiger partial charge in [0, 0.05) is 19.0 Å². The first-order valence-electron chi connectivity index (χ1n) is 11.4. The molecule has 7 nitrogen and oxygen atoms in total. The number of hydrogen-bond acceptors (Lipinski definition) is 4. The largest absolute Gasteiger partial charge is 0.481 e. The zero-order chi connectivity index (χ0) is 23.6. The third-order valence-electron chi connectivity index (χ3n) is 7.06.